The Labute approximate surface area is 192 Å². The minimum absolute atomic E-state index is 0.231. The first kappa shape index (κ1) is 24.2. The van der Waals surface area contributed by atoms with E-state index in [0.717, 1.165) is 48.3 Å². The fraction of sp³-hybridized carbons (Fsp3) is 0.538. The number of hydrogen-bond acceptors (Lipinski definition) is 4. The van der Waals surface area contributed by atoms with Crippen molar-refractivity contribution in [2.45, 2.75) is 59.5 Å². The van der Waals surface area contributed by atoms with Gasteiger partial charge in [0.2, 0.25) is 0 Å². The number of amides is 1. The highest BCUT2D eigenvalue weighted by Crippen LogP contribution is 2.41. The summed E-state index contributed by atoms with van der Waals surface area (Å²) in [6, 6.07) is 6.23. The highest BCUT2D eigenvalue weighted by atomic mass is 16.5. The zero-order valence-corrected chi connectivity index (χ0v) is 20.6. The molecular formula is C26H38N4O2. The van der Waals surface area contributed by atoms with Crippen LogP contribution >= 0.6 is 0 Å². The number of benzene rings is 1. The molecule has 1 aliphatic carbocycles. The summed E-state index contributed by atoms with van der Waals surface area (Å²) < 4.78 is 6.23. The molecule has 1 heterocycles. The number of ether oxygens (including phenoxy) is 1. The van der Waals surface area contributed by atoms with Gasteiger partial charge in [-0.2, -0.15) is 0 Å². The molecule has 6 heteroatoms. The van der Waals surface area contributed by atoms with Gasteiger partial charge in [-0.05, 0) is 82.8 Å². The molecule has 0 aliphatic heterocycles. The number of aryl methyl sites for hydroxylation is 1. The van der Waals surface area contributed by atoms with Crippen molar-refractivity contribution in [3.8, 4) is 0 Å². The predicted molar refractivity (Wildman–Crippen MR) is 131 cm³/mol. The van der Waals surface area contributed by atoms with Gasteiger partial charge in [0.25, 0.3) is 5.91 Å². The minimum Gasteiger partial charge on any atom is -0.370 e. The van der Waals surface area contributed by atoms with Crippen LogP contribution in [0.25, 0.3) is 5.57 Å². The molecule has 2 N–H and O–H groups in total. The van der Waals surface area contributed by atoms with Crippen LogP contribution in [-0.2, 0) is 10.3 Å². The summed E-state index contributed by atoms with van der Waals surface area (Å²) in [4.78, 5) is 22.1. The van der Waals surface area contributed by atoms with Gasteiger partial charge in [0.05, 0.1) is 12.2 Å². The van der Waals surface area contributed by atoms with E-state index in [2.05, 4.69) is 66.1 Å². The van der Waals surface area contributed by atoms with Crippen molar-refractivity contribution in [1.29, 1.82) is 0 Å². The maximum absolute atomic E-state index is 12.8. The average molecular weight is 439 g/mol. The van der Waals surface area contributed by atoms with Gasteiger partial charge in [0.1, 0.15) is 0 Å². The van der Waals surface area contributed by atoms with E-state index in [1.54, 1.807) is 6.20 Å². The Balaban J connectivity index is 1.92. The normalized spacial score (nSPS) is 16.2. The molecular weight excluding hydrogens is 400 g/mol. The molecule has 6 nitrogen and oxygen atoms in total. The zero-order valence-electron chi connectivity index (χ0n) is 20.6. The fourth-order valence-electron chi connectivity index (χ4n) is 3.89. The molecule has 32 heavy (non-hydrogen) atoms. The van der Waals surface area contributed by atoms with Crippen LogP contribution in [0.3, 0.4) is 0 Å². The largest absolute Gasteiger partial charge is 0.370 e. The Bertz CT molecular complexity index is 985. The number of nitrogens with one attached hydrogen (secondary N) is 2. The molecule has 1 aromatic heterocycles. The second-order valence-electron chi connectivity index (χ2n) is 10.4. The van der Waals surface area contributed by atoms with Gasteiger partial charge in [-0.1, -0.05) is 26.0 Å². The summed E-state index contributed by atoms with van der Waals surface area (Å²) in [5.74, 6) is 0.0916. The van der Waals surface area contributed by atoms with Gasteiger partial charge in [-0.3, -0.25) is 4.79 Å². The quantitative estimate of drug-likeness (QED) is 0.581. The molecule has 1 aromatic carbocycles. The van der Waals surface area contributed by atoms with E-state index < -0.39 is 5.60 Å². The van der Waals surface area contributed by atoms with Crippen molar-refractivity contribution in [2.24, 2.45) is 5.41 Å². The van der Waals surface area contributed by atoms with Crippen molar-refractivity contribution < 1.29 is 9.53 Å². The number of hydrogen-bond donors (Lipinski definition) is 2. The Morgan fingerprint density at radius 3 is 2.66 bits per heavy atom. The molecule has 0 spiro atoms. The molecule has 0 radical (unpaired) electrons. The van der Waals surface area contributed by atoms with Crippen molar-refractivity contribution in [3.05, 3.63) is 53.1 Å². The topological polar surface area (TPSA) is 70.2 Å². The van der Waals surface area contributed by atoms with Gasteiger partial charge < -0.3 is 19.9 Å². The van der Waals surface area contributed by atoms with Crippen LogP contribution in [0.15, 0.2) is 30.5 Å². The molecule has 0 bridgehead atoms. The Morgan fingerprint density at radius 1 is 1.31 bits per heavy atom. The first-order valence-corrected chi connectivity index (χ1v) is 11.4. The Hall–Kier alpha value is -2.44. The van der Waals surface area contributed by atoms with E-state index in [0.29, 0.717) is 17.8 Å². The molecule has 0 fully saturated rings. The molecule has 0 saturated heterocycles. The third-order valence-electron chi connectivity index (χ3n) is 6.20. The van der Waals surface area contributed by atoms with Gasteiger partial charge >= 0.3 is 0 Å². The molecule has 0 saturated carbocycles. The van der Waals surface area contributed by atoms with Gasteiger partial charge in [0.15, 0.2) is 5.82 Å². The lowest BCUT2D eigenvalue weighted by molar-refractivity contribution is -0.0268. The highest BCUT2D eigenvalue weighted by molar-refractivity contribution is 6.03. The standard InChI is InChI=1S/C26H38N4O2/c1-18-17-27-23(28-18)24(31)29-22-9-8-20(26(4,5)32-15-14-30(6)7)16-21(22)19-10-12-25(2,3)13-11-19/h8-10,16-17H,11-15H2,1-7H3,(H,27,28)(H,29,31). The summed E-state index contributed by atoms with van der Waals surface area (Å²) >= 11 is 0. The number of H-pyrrole nitrogens is 1. The number of anilines is 1. The van der Waals surface area contributed by atoms with Gasteiger partial charge in [0, 0.05) is 29.7 Å². The monoisotopic (exact) mass is 438 g/mol. The zero-order chi connectivity index (χ0) is 23.5. The van der Waals surface area contributed by atoms with Crippen molar-refractivity contribution in [3.63, 3.8) is 0 Å². The van der Waals surface area contributed by atoms with E-state index in [-0.39, 0.29) is 5.91 Å². The van der Waals surface area contributed by atoms with Crippen molar-refractivity contribution in [1.82, 2.24) is 14.9 Å². The number of allylic oxidation sites excluding steroid dienone is 2. The van der Waals surface area contributed by atoms with E-state index >= 15 is 0 Å². The SMILES string of the molecule is Cc1cnc(C(=O)Nc2ccc(C(C)(C)OCCN(C)C)cc2C2=CCC(C)(C)CC2)[nH]1. The van der Waals surface area contributed by atoms with Crippen LogP contribution in [0.1, 0.15) is 74.4 Å². The molecule has 1 amide bonds. The maximum Gasteiger partial charge on any atom is 0.291 e. The summed E-state index contributed by atoms with van der Waals surface area (Å²) in [5, 5.41) is 3.07. The molecule has 1 aliphatic rings. The van der Waals surface area contributed by atoms with E-state index in [4.69, 9.17) is 4.74 Å². The number of rotatable bonds is 8. The molecule has 3 rings (SSSR count). The first-order chi connectivity index (χ1) is 15.0. The lowest BCUT2D eigenvalue weighted by Crippen LogP contribution is -2.27. The fourth-order valence-corrected chi connectivity index (χ4v) is 3.89. The van der Waals surface area contributed by atoms with E-state index in [1.165, 1.54) is 5.57 Å². The number of aromatic nitrogens is 2. The van der Waals surface area contributed by atoms with Crippen LogP contribution in [0.5, 0.6) is 0 Å². The molecule has 2 aromatic rings. The van der Waals surface area contributed by atoms with Crippen LogP contribution in [0.2, 0.25) is 0 Å². The number of likely N-dealkylation sites (N-methyl/N-ethyl adjacent to an activating group) is 1. The number of carbonyl (C=O) groups is 1. The van der Waals surface area contributed by atoms with E-state index in [1.807, 2.05) is 27.1 Å². The first-order valence-electron chi connectivity index (χ1n) is 11.4. The maximum atomic E-state index is 12.8. The Kier molecular flexibility index (Phi) is 7.25. The molecule has 174 valence electrons. The number of carbonyl (C=O) groups excluding carboxylic acids is 1. The highest BCUT2D eigenvalue weighted by Gasteiger charge is 2.27. The summed E-state index contributed by atoms with van der Waals surface area (Å²) in [6.07, 6.45) is 7.13. The summed E-state index contributed by atoms with van der Waals surface area (Å²) in [7, 11) is 4.09. The van der Waals surface area contributed by atoms with Crippen LogP contribution in [0.4, 0.5) is 5.69 Å². The predicted octanol–water partition coefficient (Wildman–Crippen LogP) is 5.38. The number of nitrogens with zero attached hydrogens (tertiary/aromatic N) is 2. The number of aromatic amines is 1. The smallest absolute Gasteiger partial charge is 0.291 e. The van der Waals surface area contributed by atoms with Crippen LogP contribution < -0.4 is 5.32 Å². The van der Waals surface area contributed by atoms with Crippen LogP contribution in [-0.4, -0.2) is 48.0 Å². The molecule has 0 unspecified atom stereocenters. The Morgan fingerprint density at radius 2 is 2.06 bits per heavy atom. The third-order valence-corrected chi connectivity index (χ3v) is 6.20. The molecule has 0 atom stereocenters. The second kappa shape index (κ2) is 9.59. The van der Waals surface area contributed by atoms with E-state index in [9.17, 15) is 4.79 Å². The lowest BCUT2D eigenvalue weighted by Gasteiger charge is -2.31. The minimum atomic E-state index is -0.431. The second-order valence-corrected chi connectivity index (χ2v) is 10.4. The number of imidazole rings is 1. The van der Waals surface area contributed by atoms with Crippen LogP contribution in [0, 0.1) is 12.3 Å². The average Bonchev–Trinajstić information content (AvgIpc) is 3.14. The third kappa shape index (κ3) is 6.08. The van der Waals surface area contributed by atoms with Crippen molar-refractivity contribution >= 4 is 17.2 Å². The van der Waals surface area contributed by atoms with Gasteiger partial charge in [-0.15, -0.1) is 0 Å². The van der Waals surface area contributed by atoms with Crippen molar-refractivity contribution in [2.75, 3.05) is 32.6 Å². The summed E-state index contributed by atoms with van der Waals surface area (Å²) in [6.45, 7) is 12.2. The van der Waals surface area contributed by atoms with Gasteiger partial charge in [-0.25, -0.2) is 4.98 Å². The lowest BCUT2D eigenvalue weighted by atomic mass is 9.76. The summed E-state index contributed by atoms with van der Waals surface area (Å²) in [5.41, 5.74) is 5.00.